The minimum absolute atomic E-state index is 0.626. The van der Waals surface area contributed by atoms with Crippen molar-refractivity contribution in [1.82, 2.24) is 4.90 Å². The summed E-state index contributed by atoms with van der Waals surface area (Å²) < 4.78 is 5.43. The molecule has 1 fully saturated rings. The fraction of sp³-hybridized carbons (Fsp3) is 0.600. The van der Waals surface area contributed by atoms with Crippen LogP contribution in [0.1, 0.15) is 12.8 Å². The van der Waals surface area contributed by atoms with Gasteiger partial charge in [-0.25, -0.2) is 0 Å². The van der Waals surface area contributed by atoms with Gasteiger partial charge in [-0.3, -0.25) is 0 Å². The van der Waals surface area contributed by atoms with E-state index < -0.39 is 0 Å². The summed E-state index contributed by atoms with van der Waals surface area (Å²) in [6.45, 7) is 2.36. The van der Waals surface area contributed by atoms with Crippen molar-refractivity contribution in [3.63, 3.8) is 0 Å². The zero-order valence-corrected chi connectivity index (χ0v) is 12.4. The van der Waals surface area contributed by atoms with Crippen LogP contribution in [0.4, 0.5) is 11.4 Å². The van der Waals surface area contributed by atoms with Crippen LogP contribution in [0.15, 0.2) is 18.2 Å². The van der Waals surface area contributed by atoms with Crippen molar-refractivity contribution >= 4 is 11.4 Å². The Morgan fingerprint density at radius 3 is 2.58 bits per heavy atom. The third-order valence-electron chi connectivity index (χ3n) is 4.10. The van der Waals surface area contributed by atoms with E-state index in [9.17, 15) is 0 Å². The molecule has 0 saturated carbocycles. The Kier molecular flexibility index (Phi) is 4.53. The van der Waals surface area contributed by atoms with E-state index in [-0.39, 0.29) is 0 Å². The Morgan fingerprint density at radius 2 is 2.00 bits per heavy atom. The maximum absolute atomic E-state index is 5.43. The molecule has 1 aliphatic rings. The Labute approximate surface area is 116 Å². The quantitative estimate of drug-likeness (QED) is 0.902. The molecule has 4 heteroatoms. The van der Waals surface area contributed by atoms with Crippen LogP contribution in [0, 0.1) is 0 Å². The van der Waals surface area contributed by atoms with Crippen LogP contribution in [0.25, 0.3) is 0 Å². The topological polar surface area (TPSA) is 27.7 Å². The fourth-order valence-electron chi connectivity index (χ4n) is 2.70. The van der Waals surface area contributed by atoms with Crippen molar-refractivity contribution < 1.29 is 4.74 Å². The van der Waals surface area contributed by atoms with E-state index in [1.54, 1.807) is 7.11 Å². The van der Waals surface area contributed by atoms with Crippen molar-refractivity contribution in [2.45, 2.75) is 18.9 Å². The minimum Gasteiger partial charge on any atom is -0.495 e. The van der Waals surface area contributed by atoms with Gasteiger partial charge in [-0.1, -0.05) is 0 Å². The lowest BCUT2D eigenvalue weighted by molar-refractivity contribution is 0.253. The predicted molar refractivity (Wildman–Crippen MR) is 81.5 cm³/mol. The zero-order chi connectivity index (χ0) is 13.8. The summed E-state index contributed by atoms with van der Waals surface area (Å²) in [4.78, 5) is 4.78. The molecule has 0 unspecified atom stereocenters. The van der Waals surface area contributed by atoms with Crippen molar-refractivity contribution in [3.05, 3.63) is 18.2 Å². The van der Waals surface area contributed by atoms with E-state index in [2.05, 4.69) is 47.4 Å². The monoisotopic (exact) mass is 263 g/mol. The van der Waals surface area contributed by atoms with Crippen LogP contribution in [0.2, 0.25) is 0 Å². The molecule has 1 saturated heterocycles. The molecule has 1 aromatic rings. The molecule has 0 atom stereocenters. The molecule has 1 heterocycles. The van der Waals surface area contributed by atoms with Crippen LogP contribution in [0.5, 0.6) is 5.75 Å². The number of hydrogen-bond acceptors (Lipinski definition) is 4. The molecule has 106 valence electrons. The summed E-state index contributed by atoms with van der Waals surface area (Å²) in [7, 11) is 8.01. The smallest absolute Gasteiger partial charge is 0.144 e. The van der Waals surface area contributed by atoms with Gasteiger partial charge in [0.15, 0.2) is 0 Å². The van der Waals surface area contributed by atoms with Gasteiger partial charge in [-0.2, -0.15) is 0 Å². The van der Waals surface area contributed by atoms with Crippen LogP contribution in [-0.4, -0.2) is 52.3 Å². The van der Waals surface area contributed by atoms with Gasteiger partial charge in [0.2, 0.25) is 0 Å². The van der Waals surface area contributed by atoms with Crippen LogP contribution in [0.3, 0.4) is 0 Å². The molecule has 1 aliphatic heterocycles. The second-order valence-corrected chi connectivity index (χ2v) is 5.28. The summed E-state index contributed by atoms with van der Waals surface area (Å²) >= 11 is 0. The third kappa shape index (κ3) is 3.13. The highest BCUT2D eigenvalue weighted by Crippen LogP contribution is 2.31. The highest BCUT2D eigenvalue weighted by Gasteiger charge is 2.21. The number of anilines is 2. The van der Waals surface area contributed by atoms with Gasteiger partial charge in [0.05, 0.1) is 12.8 Å². The molecule has 0 aromatic heterocycles. The van der Waals surface area contributed by atoms with E-state index in [0.29, 0.717) is 6.04 Å². The predicted octanol–water partition coefficient (Wildman–Crippen LogP) is 2.27. The standard InChI is InChI=1S/C15H25N3O/c1-16-14-6-5-13(11-15(14)19-4)18(3)12-7-9-17(2)10-8-12/h5-6,11-12,16H,7-10H2,1-4H3. The molecular formula is C15H25N3O. The van der Waals surface area contributed by atoms with Crippen LogP contribution >= 0.6 is 0 Å². The Bertz CT molecular complexity index is 414. The second-order valence-electron chi connectivity index (χ2n) is 5.28. The number of methoxy groups -OCH3 is 1. The molecule has 19 heavy (non-hydrogen) atoms. The first-order valence-electron chi connectivity index (χ1n) is 6.93. The van der Waals surface area contributed by atoms with Gasteiger partial charge in [-0.05, 0) is 45.1 Å². The van der Waals surface area contributed by atoms with Gasteiger partial charge < -0.3 is 19.9 Å². The molecule has 2 rings (SSSR count). The lowest BCUT2D eigenvalue weighted by Gasteiger charge is -2.36. The fourth-order valence-corrected chi connectivity index (χ4v) is 2.70. The first-order valence-corrected chi connectivity index (χ1v) is 6.93. The number of nitrogens with zero attached hydrogens (tertiary/aromatic N) is 2. The first kappa shape index (κ1) is 14.0. The average molecular weight is 263 g/mol. The summed E-state index contributed by atoms with van der Waals surface area (Å²) in [5, 5.41) is 3.15. The van der Waals surface area contributed by atoms with Gasteiger partial charge in [0, 0.05) is 31.9 Å². The maximum atomic E-state index is 5.43. The molecular weight excluding hydrogens is 238 g/mol. The number of hydrogen-bond donors (Lipinski definition) is 1. The first-order chi connectivity index (χ1) is 9.15. The summed E-state index contributed by atoms with van der Waals surface area (Å²) in [6.07, 6.45) is 2.45. The van der Waals surface area contributed by atoms with E-state index in [1.165, 1.54) is 31.6 Å². The zero-order valence-electron chi connectivity index (χ0n) is 12.4. The summed E-state index contributed by atoms with van der Waals surface area (Å²) in [6, 6.07) is 6.98. The highest BCUT2D eigenvalue weighted by molar-refractivity contribution is 5.64. The molecule has 0 bridgehead atoms. The van der Waals surface area contributed by atoms with E-state index in [4.69, 9.17) is 4.74 Å². The van der Waals surface area contributed by atoms with Crippen molar-refractivity contribution in [2.24, 2.45) is 0 Å². The van der Waals surface area contributed by atoms with Gasteiger partial charge >= 0.3 is 0 Å². The number of piperidine rings is 1. The van der Waals surface area contributed by atoms with Gasteiger partial charge in [-0.15, -0.1) is 0 Å². The second kappa shape index (κ2) is 6.15. The van der Waals surface area contributed by atoms with Crippen LogP contribution in [-0.2, 0) is 0 Å². The summed E-state index contributed by atoms with van der Waals surface area (Å²) in [5.74, 6) is 0.903. The average Bonchev–Trinajstić information content (AvgIpc) is 2.46. The molecule has 0 spiro atoms. The minimum atomic E-state index is 0.626. The largest absolute Gasteiger partial charge is 0.495 e. The Hall–Kier alpha value is -1.42. The number of benzene rings is 1. The molecule has 1 N–H and O–H groups in total. The number of ether oxygens (including phenoxy) is 1. The molecule has 1 aromatic carbocycles. The number of rotatable bonds is 4. The molecule has 0 amide bonds. The van der Waals surface area contributed by atoms with E-state index in [0.717, 1.165) is 11.4 Å². The summed E-state index contributed by atoms with van der Waals surface area (Å²) in [5.41, 5.74) is 2.26. The van der Waals surface area contributed by atoms with E-state index >= 15 is 0 Å². The van der Waals surface area contributed by atoms with Gasteiger partial charge in [0.25, 0.3) is 0 Å². The number of nitrogens with one attached hydrogen (secondary N) is 1. The Morgan fingerprint density at radius 1 is 1.32 bits per heavy atom. The molecule has 4 nitrogen and oxygen atoms in total. The van der Waals surface area contributed by atoms with E-state index in [1.807, 2.05) is 7.05 Å². The SMILES string of the molecule is CNc1ccc(N(C)C2CCN(C)CC2)cc1OC. The van der Waals surface area contributed by atoms with Crippen molar-refractivity contribution in [1.29, 1.82) is 0 Å². The van der Waals surface area contributed by atoms with Crippen molar-refractivity contribution in [2.75, 3.05) is 51.6 Å². The normalized spacial score (nSPS) is 17.3. The van der Waals surface area contributed by atoms with Crippen molar-refractivity contribution in [3.8, 4) is 5.75 Å². The third-order valence-corrected chi connectivity index (χ3v) is 4.10. The number of likely N-dealkylation sites (tertiary alicyclic amines) is 1. The Balaban J connectivity index is 2.12. The highest BCUT2D eigenvalue weighted by atomic mass is 16.5. The lowest BCUT2D eigenvalue weighted by Crippen LogP contribution is -2.41. The molecule has 0 aliphatic carbocycles. The lowest BCUT2D eigenvalue weighted by atomic mass is 10.0. The molecule has 0 radical (unpaired) electrons. The maximum Gasteiger partial charge on any atom is 0.144 e. The van der Waals surface area contributed by atoms with Crippen LogP contribution < -0.4 is 15.0 Å². The van der Waals surface area contributed by atoms with Gasteiger partial charge in [0.1, 0.15) is 5.75 Å².